The topological polar surface area (TPSA) is 0 Å². The summed E-state index contributed by atoms with van der Waals surface area (Å²) in [5.74, 6) is 0. The van der Waals surface area contributed by atoms with Crippen LogP contribution in [0.4, 0.5) is 0 Å². The molecule has 0 aromatic rings. The molecule has 0 saturated heterocycles. The summed E-state index contributed by atoms with van der Waals surface area (Å²) in [7, 11) is 0. The van der Waals surface area contributed by atoms with Gasteiger partial charge in [-0.15, -0.1) is 0 Å². The number of unbranched alkanes of at least 4 members (excludes halogenated alkanes) is 1. The van der Waals surface area contributed by atoms with Gasteiger partial charge in [-0.2, -0.15) is 0 Å². The minimum absolute atomic E-state index is 0.974. The van der Waals surface area contributed by atoms with Crippen molar-refractivity contribution in [3.63, 3.8) is 0 Å². The predicted octanol–water partition coefficient (Wildman–Crippen LogP) is 3.68. The minimum atomic E-state index is 0.974. The lowest BCUT2D eigenvalue weighted by molar-refractivity contribution is 1.03. The zero-order chi connectivity index (χ0) is 7.82. The van der Waals surface area contributed by atoms with Crippen LogP contribution in [0, 0.1) is 0 Å². The van der Waals surface area contributed by atoms with Gasteiger partial charge in [-0.05, 0) is 26.7 Å². The molecule has 0 unspecified atom stereocenters. The molecule has 0 saturated carbocycles. The van der Waals surface area contributed by atoms with E-state index in [-0.39, 0.29) is 0 Å². The summed E-state index contributed by atoms with van der Waals surface area (Å²) in [6.45, 7) is 4.27. The Hall–Kier alpha value is -0.0400. The summed E-state index contributed by atoms with van der Waals surface area (Å²) in [6.07, 6.45) is 8.94. The molecular weight excluding hydrogens is 188 g/mol. The van der Waals surface area contributed by atoms with E-state index in [0.717, 1.165) is 11.8 Å². The molecule has 58 valence electrons. The van der Waals surface area contributed by atoms with E-state index in [0.29, 0.717) is 0 Å². The molecule has 0 atom stereocenters. The molecule has 1 heteroatoms. The highest BCUT2D eigenvalue weighted by Crippen LogP contribution is 1.98. The molecule has 0 aliphatic carbocycles. The fraction of sp³-hybridized carbons (Fsp3) is 0.556. The van der Waals surface area contributed by atoms with Crippen LogP contribution >= 0.6 is 15.9 Å². The van der Waals surface area contributed by atoms with E-state index in [1.807, 2.05) is 0 Å². The first-order valence-corrected chi connectivity index (χ1v) is 4.74. The molecule has 0 bridgehead atoms. The number of alkyl halides is 1. The lowest BCUT2D eigenvalue weighted by Crippen LogP contribution is -1.68. The number of hydrogen-bond donors (Lipinski definition) is 0. The van der Waals surface area contributed by atoms with Crippen molar-refractivity contribution in [1.82, 2.24) is 0 Å². The van der Waals surface area contributed by atoms with Crippen molar-refractivity contribution in [2.45, 2.75) is 26.7 Å². The van der Waals surface area contributed by atoms with E-state index in [1.54, 1.807) is 0 Å². The smallest absolute Gasteiger partial charge is 0.0212 e. The molecule has 0 heterocycles. The first kappa shape index (κ1) is 9.96. The zero-order valence-corrected chi connectivity index (χ0v) is 8.32. The Kier molecular flexibility index (Phi) is 7.04. The second-order valence-electron chi connectivity index (χ2n) is 2.48. The normalized spacial score (nSPS) is 10.3. The van der Waals surface area contributed by atoms with E-state index >= 15 is 0 Å². The number of halogens is 1. The van der Waals surface area contributed by atoms with Crippen molar-refractivity contribution in [3.05, 3.63) is 23.8 Å². The maximum atomic E-state index is 3.33. The summed E-state index contributed by atoms with van der Waals surface area (Å²) >= 11 is 3.33. The predicted molar refractivity (Wildman–Crippen MR) is 51.6 cm³/mol. The Labute approximate surface area is 72.1 Å². The second kappa shape index (κ2) is 7.07. The highest BCUT2D eigenvalue weighted by atomic mass is 79.9. The van der Waals surface area contributed by atoms with Gasteiger partial charge in [0, 0.05) is 5.33 Å². The minimum Gasteiger partial charge on any atom is -0.0883 e. The molecule has 0 rings (SSSR count). The summed E-state index contributed by atoms with van der Waals surface area (Å²) in [6, 6.07) is 0. The molecule has 0 fully saturated rings. The standard InChI is InChI=1S/C9H15Br/c1-9(2)7-5-3-4-6-8-10/h4,6-7H,3,5,8H2,1-2H3/b6-4+. The van der Waals surface area contributed by atoms with Crippen LogP contribution in [0.25, 0.3) is 0 Å². The van der Waals surface area contributed by atoms with Crippen LogP contribution in [0.5, 0.6) is 0 Å². The maximum Gasteiger partial charge on any atom is 0.0212 e. The van der Waals surface area contributed by atoms with Crippen LogP contribution in [-0.4, -0.2) is 5.33 Å². The zero-order valence-electron chi connectivity index (χ0n) is 6.73. The summed E-state index contributed by atoms with van der Waals surface area (Å²) in [4.78, 5) is 0. The third-order valence-electron chi connectivity index (χ3n) is 1.14. The van der Waals surface area contributed by atoms with E-state index in [4.69, 9.17) is 0 Å². The van der Waals surface area contributed by atoms with Crippen molar-refractivity contribution in [1.29, 1.82) is 0 Å². The fourth-order valence-corrected chi connectivity index (χ4v) is 0.913. The van der Waals surface area contributed by atoms with E-state index in [2.05, 4.69) is 48.0 Å². The van der Waals surface area contributed by atoms with Crippen LogP contribution in [0.15, 0.2) is 23.8 Å². The van der Waals surface area contributed by atoms with Crippen molar-refractivity contribution in [2.75, 3.05) is 5.33 Å². The molecule has 0 N–H and O–H groups in total. The third kappa shape index (κ3) is 7.96. The van der Waals surface area contributed by atoms with Gasteiger partial charge in [-0.3, -0.25) is 0 Å². The molecule has 0 aliphatic rings. The number of allylic oxidation sites excluding steroid dienone is 4. The SMILES string of the molecule is CC(C)=CCC/C=C/CBr. The van der Waals surface area contributed by atoms with Gasteiger partial charge >= 0.3 is 0 Å². The maximum absolute atomic E-state index is 3.33. The lowest BCUT2D eigenvalue weighted by atomic mass is 10.2. The Morgan fingerprint density at radius 2 is 1.90 bits per heavy atom. The van der Waals surface area contributed by atoms with E-state index in [9.17, 15) is 0 Å². The van der Waals surface area contributed by atoms with Crippen molar-refractivity contribution in [3.8, 4) is 0 Å². The van der Waals surface area contributed by atoms with Gasteiger partial charge in [-0.1, -0.05) is 39.7 Å². The van der Waals surface area contributed by atoms with Crippen LogP contribution < -0.4 is 0 Å². The van der Waals surface area contributed by atoms with Gasteiger partial charge < -0.3 is 0 Å². The fourth-order valence-electron chi connectivity index (χ4n) is 0.649. The summed E-state index contributed by atoms with van der Waals surface area (Å²) in [5.41, 5.74) is 1.41. The first-order valence-electron chi connectivity index (χ1n) is 3.61. The van der Waals surface area contributed by atoms with Crippen molar-refractivity contribution >= 4 is 15.9 Å². The molecule has 10 heavy (non-hydrogen) atoms. The Bertz CT molecular complexity index is 119. The van der Waals surface area contributed by atoms with Crippen LogP contribution in [-0.2, 0) is 0 Å². The van der Waals surface area contributed by atoms with Gasteiger partial charge in [0.1, 0.15) is 0 Å². The molecule has 0 aromatic heterocycles. The number of hydrogen-bond acceptors (Lipinski definition) is 0. The van der Waals surface area contributed by atoms with Crippen molar-refractivity contribution < 1.29 is 0 Å². The molecule has 0 spiro atoms. The molecule has 0 aliphatic heterocycles. The Morgan fingerprint density at radius 3 is 2.40 bits per heavy atom. The summed E-state index contributed by atoms with van der Waals surface area (Å²) < 4.78 is 0. The number of rotatable bonds is 4. The average Bonchev–Trinajstić information content (AvgIpc) is 1.87. The third-order valence-corrected chi connectivity index (χ3v) is 1.52. The Balaban J connectivity index is 3.21. The monoisotopic (exact) mass is 202 g/mol. The highest BCUT2D eigenvalue weighted by Gasteiger charge is 1.77. The molecule has 0 aromatic carbocycles. The highest BCUT2D eigenvalue weighted by molar-refractivity contribution is 9.09. The molecular formula is C9H15Br. The van der Waals surface area contributed by atoms with Crippen molar-refractivity contribution in [2.24, 2.45) is 0 Å². The van der Waals surface area contributed by atoms with Gasteiger partial charge in [0.25, 0.3) is 0 Å². The van der Waals surface area contributed by atoms with E-state index in [1.165, 1.54) is 12.0 Å². The Morgan fingerprint density at radius 1 is 1.20 bits per heavy atom. The van der Waals surface area contributed by atoms with Crippen LogP contribution in [0.3, 0.4) is 0 Å². The quantitative estimate of drug-likeness (QED) is 0.371. The van der Waals surface area contributed by atoms with Crippen LogP contribution in [0.2, 0.25) is 0 Å². The van der Waals surface area contributed by atoms with Gasteiger partial charge in [-0.25, -0.2) is 0 Å². The second-order valence-corrected chi connectivity index (χ2v) is 3.13. The lowest BCUT2D eigenvalue weighted by Gasteiger charge is -1.88. The van der Waals surface area contributed by atoms with Gasteiger partial charge in [0.05, 0.1) is 0 Å². The van der Waals surface area contributed by atoms with Gasteiger partial charge in [0.2, 0.25) is 0 Å². The largest absolute Gasteiger partial charge is 0.0883 e. The average molecular weight is 203 g/mol. The van der Waals surface area contributed by atoms with Crippen LogP contribution in [0.1, 0.15) is 26.7 Å². The summed E-state index contributed by atoms with van der Waals surface area (Å²) in [5, 5.41) is 0.974. The molecule has 0 radical (unpaired) electrons. The molecule has 0 amide bonds. The van der Waals surface area contributed by atoms with Gasteiger partial charge in [0.15, 0.2) is 0 Å². The molecule has 0 nitrogen and oxygen atoms in total. The first-order chi connectivity index (χ1) is 4.77. The van der Waals surface area contributed by atoms with E-state index < -0.39 is 0 Å².